The Labute approximate surface area is 165 Å². The number of hydrogen-bond donors (Lipinski definition) is 1. The second kappa shape index (κ2) is 8.69. The largest absolute Gasteiger partial charge is 0.497 e. The molecule has 1 saturated heterocycles. The number of benzene rings is 2. The van der Waals surface area contributed by atoms with E-state index >= 15 is 0 Å². The van der Waals surface area contributed by atoms with Gasteiger partial charge in [-0.25, -0.2) is 8.42 Å². The van der Waals surface area contributed by atoms with Crippen molar-refractivity contribution < 1.29 is 13.2 Å². The second-order valence-corrected chi connectivity index (χ2v) is 8.54. The summed E-state index contributed by atoms with van der Waals surface area (Å²) in [6.45, 7) is 2.59. The van der Waals surface area contributed by atoms with Crippen molar-refractivity contribution in [3.05, 3.63) is 60.2 Å². The van der Waals surface area contributed by atoms with Gasteiger partial charge in [0.05, 0.1) is 12.0 Å². The molecule has 144 valence electrons. The zero-order chi connectivity index (χ0) is 19.3. The average molecular weight is 406 g/mol. The summed E-state index contributed by atoms with van der Waals surface area (Å²) < 4.78 is 32.0. The number of hydrogen-bond acceptors (Lipinski definition) is 4. The number of ether oxygens (including phenoxy) is 1. The molecule has 8 heteroatoms. The molecule has 0 bridgehead atoms. The van der Waals surface area contributed by atoms with Crippen LogP contribution < -0.4 is 10.1 Å². The van der Waals surface area contributed by atoms with E-state index in [1.165, 1.54) is 4.31 Å². The fourth-order valence-corrected chi connectivity index (χ4v) is 4.60. The SMILES string of the molecule is COc1ccc(CNC(=S)N2CCN(S(=O)(=O)c3ccccc3)CC2)cc1. The summed E-state index contributed by atoms with van der Waals surface area (Å²) >= 11 is 5.47. The average Bonchev–Trinajstić information content (AvgIpc) is 2.73. The van der Waals surface area contributed by atoms with Gasteiger partial charge in [0.15, 0.2) is 5.11 Å². The fraction of sp³-hybridized carbons (Fsp3) is 0.316. The summed E-state index contributed by atoms with van der Waals surface area (Å²) in [6, 6.07) is 16.3. The molecule has 3 rings (SSSR count). The van der Waals surface area contributed by atoms with E-state index in [0.717, 1.165) is 11.3 Å². The lowest BCUT2D eigenvalue weighted by Gasteiger charge is -2.35. The van der Waals surface area contributed by atoms with E-state index in [4.69, 9.17) is 17.0 Å². The minimum Gasteiger partial charge on any atom is -0.497 e. The number of piperazine rings is 1. The van der Waals surface area contributed by atoms with Gasteiger partial charge >= 0.3 is 0 Å². The molecule has 0 atom stereocenters. The first kappa shape index (κ1) is 19.6. The third-order valence-corrected chi connectivity index (χ3v) is 6.83. The Balaban J connectivity index is 1.51. The highest BCUT2D eigenvalue weighted by Gasteiger charge is 2.28. The van der Waals surface area contributed by atoms with Crippen molar-refractivity contribution in [3.8, 4) is 5.75 Å². The van der Waals surface area contributed by atoms with E-state index in [9.17, 15) is 8.42 Å². The van der Waals surface area contributed by atoms with Crippen molar-refractivity contribution >= 4 is 27.4 Å². The first-order valence-electron chi connectivity index (χ1n) is 8.71. The Kier molecular flexibility index (Phi) is 6.30. The predicted molar refractivity (Wildman–Crippen MR) is 109 cm³/mol. The van der Waals surface area contributed by atoms with Crippen LogP contribution in [-0.2, 0) is 16.6 Å². The number of thiocarbonyl (C=S) groups is 1. The molecule has 1 N–H and O–H groups in total. The first-order chi connectivity index (χ1) is 13.0. The lowest BCUT2D eigenvalue weighted by atomic mass is 10.2. The fourth-order valence-electron chi connectivity index (χ4n) is 2.91. The second-order valence-electron chi connectivity index (χ2n) is 6.21. The monoisotopic (exact) mass is 405 g/mol. The van der Waals surface area contributed by atoms with Gasteiger partial charge in [-0.05, 0) is 42.0 Å². The van der Waals surface area contributed by atoms with Gasteiger partial charge in [-0.3, -0.25) is 0 Å². The third-order valence-electron chi connectivity index (χ3n) is 4.51. The quantitative estimate of drug-likeness (QED) is 0.769. The van der Waals surface area contributed by atoms with Gasteiger partial charge in [0, 0.05) is 32.7 Å². The van der Waals surface area contributed by atoms with Gasteiger partial charge in [0.2, 0.25) is 10.0 Å². The van der Waals surface area contributed by atoms with Crippen LogP contribution in [0.1, 0.15) is 5.56 Å². The van der Waals surface area contributed by atoms with Gasteiger partial charge in [-0.15, -0.1) is 0 Å². The molecular weight excluding hydrogens is 382 g/mol. The van der Waals surface area contributed by atoms with Gasteiger partial charge in [0.1, 0.15) is 5.75 Å². The van der Waals surface area contributed by atoms with Crippen molar-refractivity contribution in [2.75, 3.05) is 33.3 Å². The molecule has 1 heterocycles. The number of rotatable bonds is 5. The molecule has 0 radical (unpaired) electrons. The highest BCUT2D eigenvalue weighted by Crippen LogP contribution is 2.17. The van der Waals surface area contributed by atoms with E-state index in [1.54, 1.807) is 31.4 Å². The molecule has 1 aliphatic heterocycles. The van der Waals surface area contributed by atoms with Crippen LogP contribution in [0, 0.1) is 0 Å². The van der Waals surface area contributed by atoms with E-state index in [2.05, 4.69) is 5.32 Å². The van der Waals surface area contributed by atoms with Crippen LogP contribution in [0.15, 0.2) is 59.5 Å². The molecule has 0 aromatic heterocycles. The zero-order valence-electron chi connectivity index (χ0n) is 15.2. The maximum atomic E-state index is 12.7. The Morgan fingerprint density at radius 1 is 1.04 bits per heavy atom. The Hall–Kier alpha value is -2.16. The molecule has 0 unspecified atom stereocenters. The lowest BCUT2D eigenvalue weighted by Crippen LogP contribution is -2.52. The molecule has 0 aliphatic carbocycles. The number of methoxy groups -OCH3 is 1. The van der Waals surface area contributed by atoms with Crippen LogP contribution in [0.2, 0.25) is 0 Å². The number of nitrogens with one attached hydrogen (secondary N) is 1. The van der Waals surface area contributed by atoms with Crippen molar-refractivity contribution in [2.24, 2.45) is 0 Å². The van der Waals surface area contributed by atoms with E-state index in [0.29, 0.717) is 42.7 Å². The molecule has 27 heavy (non-hydrogen) atoms. The normalized spacial score (nSPS) is 15.4. The zero-order valence-corrected chi connectivity index (χ0v) is 16.8. The molecule has 0 spiro atoms. The third kappa shape index (κ3) is 4.77. The minimum atomic E-state index is -3.44. The molecular formula is C19H23N3O3S2. The van der Waals surface area contributed by atoms with E-state index < -0.39 is 10.0 Å². The van der Waals surface area contributed by atoms with Gasteiger partial charge < -0.3 is 15.0 Å². The summed E-state index contributed by atoms with van der Waals surface area (Å²) in [7, 11) is -1.80. The molecule has 1 aliphatic rings. The molecule has 2 aromatic rings. The van der Waals surface area contributed by atoms with Crippen LogP contribution in [0.4, 0.5) is 0 Å². The molecule has 1 fully saturated rings. The number of sulfonamides is 1. The van der Waals surface area contributed by atoms with Crippen LogP contribution >= 0.6 is 12.2 Å². The Morgan fingerprint density at radius 3 is 2.26 bits per heavy atom. The minimum absolute atomic E-state index is 0.332. The summed E-state index contributed by atoms with van der Waals surface area (Å²) in [4.78, 5) is 2.34. The molecule has 6 nitrogen and oxygen atoms in total. The topological polar surface area (TPSA) is 61.9 Å². The van der Waals surface area contributed by atoms with Gasteiger partial charge in [-0.2, -0.15) is 4.31 Å². The van der Waals surface area contributed by atoms with E-state index in [1.807, 2.05) is 35.2 Å². The highest BCUT2D eigenvalue weighted by atomic mass is 32.2. The molecule has 0 saturated carbocycles. The molecule has 2 aromatic carbocycles. The van der Waals surface area contributed by atoms with Crippen LogP contribution in [0.25, 0.3) is 0 Å². The van der Waals surface area contributed by atoms with Crippen molar-refractivity contribution in [3.63, 3.8) is 0 Å². The van der Waals surface area contributed by atoms with Crippen LogP contribution in [-0.4, -0.2) is 56.0 Å². The van der Waals surface area contributed by atoms with Crippen molar-refractivity contribution in [2.45, 2.75) is 11.4 Å². The van der Waals surface area contributed by atoms with Crippen LogP contribution in [0.5, 0.6) is 5.75 Å². The van der Waals surface area contributed by atoms with Gasteiger partial charge in [0.25, 0.3) is 0 Å². The van der Waals surface area contributed by atoms with Crippen LogP contribution in [0.3, 0.4) is 0 Å². The lowest BCUT2D eigenvalue weighted by molar-refractivity contribution is 0.264. The van der Waals surface area contributed by atoms with Gasteiger partial charge in [-0.1, -0.05) is 30.3 Å². The summed E-state index contributed by atoms with van der Waals surface area (Å²) in [5.74, 6) is 0.817. The smallest absolute Gasteiger partial charge is 0.243 e. The number of nitrogens with zero attached hydrogens (tertiary/aromatic N) is 2. The van der Waals surface area contributed by atoms with Crippen molar-refractivity contribution in [1.29, 1.82) is 0 Å². The predicted octanol–water partition coefficient (Wildman–Crippen LogP) is 2.08. The highest BCUT2D eigenvalue weighted by molar-refractivity contribution is 7.89. The molecule has 0 amide bonds. The maximum Gasteiger partial charge on any atom is 0.243 e. The Bertz CT molecular complexity index is 863. The summed E-state index contributed by atoms with van der Waals surface area (Å²) in [6.07, 6.45) is 0. The van der Waals surface area contributed by atoms with Crippen molar-refractivity contribution in [1.82, 2.24) is 14.5 Å². The Morgan fingerprint density at radius 2 is 1.67 bits per heavy atom. The standard InChI is InChI=1S/C19H23N3O3S2/c1-25-17-9-7-16(8-10-17)15-20-19(26)21-11-13-22(14-12-21)27(23,24)18-5-3-2-4-6-18/h2-10H,11-15H2,1H3,(H,20,26). The maximum absolute atomic E-state index is 12.7. The first-order valence-corrected chi connectivity index (χ1v) is 10.6. The van der Waals surface area contributed by atoms with E-state index in [-0.39, 0.29) is 0 Å². The summed E-state index contributed by atoms with van der Waals surface area (Å²) in [5, 5.41) is 3.88. The summed E-state index contributed by atoms with van der Waals surface area (Å²) in [5.41, 5.74) is 1.10.